The summed E-state index contributed by atoms with van der Waals surface area (Å²) in [5.74, 6) is 0.521. The van der Waals surface area contributed by atoms with Crippen molar-refractivity contribution in [1.29, 1.82) is 0 Å². The average molecular weight is 480 g/mol. The number of pyridine rings is 1. The predicted octanol–water partition coefficient (Wildman–Crippen LogP) is 4.02. The van der Waals surface area contributed by atoms with Gasteiger partial charge in [0.25, 0.3) is 0 Å². The van der Waals surface area contributed by atoms with Crippen molar-refractivity contribution in [2.24, 2.45) is 5.92 Å². The minimum absolute atomic E-state index is 0. The number of likely N-dealkylation sites (tertiary alicyclic amines) is 1. The first-order valence-electron chi connectivity index (χ1n) is 10.8. The molecule has 32 heavy (non-hydrogen) atoms. The molecule has 1 aromatic carbocycles. The first-order valence-corrected chi connectivity index (χ1v) is 10.8. The minimum Gasteiger partial charge on any atom is -0.465 e. The summed E-state index contributed by atoms with van der Waals surface area (Å²) in [4.78, 5) is 19.1. The third-order valence-corrected chi connectivity index (χ3v) is 7.30. The minimum atomic E-state index is -0.461. The van der Waals surface area contributed by atoms with Crippen molar-refractivity contribution in [2.75, 3.05) is 39.1 Å². The number of piperidine rings is 1. The SMILES string of the molecule is COC(=O)c1cc(-c2ccc([C@@]34C[C@@H]3CN(C3CCOCC3)C4)cc2)c(C)nc1N.Cl.Cl. The zero-order valence-corrected chi connectivity index (χ0v) is 20.1. The normalized spacial score (nSPS) is 24.8. The summed E-state index contributed by atoms with van der Waals surface area (Å²) in [6.07, 6.45) is 3.61. The Labute approximate surface area is 201 Å². The summed E-state index contributed by atoms with van der Waals surface area (Å²) in [6.45, 7) is 6.09. The summed E-state index contributed by atoms with van der Waals surface area (Å²) in [5, 5.41) is 0. The Balaban J connectivity index is 0.00000144. The van der Waals surface area contributed by atoms with Gasteiger partial charge in [0.1, 0.15) is 11.4 Å². The maximum absolute atomic E-state index is 12.0. The number of fused-ring (bicyclic) bond motifs is 1. The van der Waals surface area contributed by atoms with Crippen LogP contribution in [0.2, 0.25) is 0 Å². The Morgan fingerprint density at radius 2 is 1.91 bits per heavy atom. The van der Waals surface area contributed by atoms with Crippen molar-refractivity contribution < 1.29 is 14.3 Å². The molecule has 174 valence electrons. The number of hydrogen-bond donors (Lipinski definition) is 1. The van der Waals surface area contributed by atoms with Crippen LogP contribution < -0.4 is 5.73 Å². The highest BCUT2D eigenvalue weighted by Crippen LogP contribution is 2.59. The molecule has 0 radical (unpaired) electrons. The molecule has 0 spiro atoms. The smallest absolute Gasteiger partial charge is 0.341 e. The van der Waals surface area contributed by atoms with Crippen molar-refractivity contribution in [3.8, 4) is 11.1 Å². The molecule has 1 aromatic heterocycles. The molecular formula is C24H31Cl2N3O3. The largest absolute Gasteiger partial charge is 0.465 e. The van der Waals surface area contributed by atoms with E-state index in [1.807, 2.05) is 6.92 Å². The van der Waals surface area contributed by atoms with Gasteiger partial charge in [0, 0.05) is 49.0 Å². The van der Waals surface area contributed by atoms with E-state index in [9.17, 15) is 4.79 Å². The van der Waals surface area contributed by atoms with Crippen molar-refractivity contribution in [3.63, 3.8) is 0 Å². The molecule has 3 fully saturated rings. The number of esters is 1. The number of nitrogen functional groups attached to an aromatic ring is 1. The monoisotopic (exact) mass is 479 g/mol. The van der Waals surface area contributed by atoms with Crippen molar-refractivity contribution >= 4 is 36.6 Å². The zero-order chi connectivity index (χ0) is 20.9. The van der Waals surface area contributed by atoms with E-state index in [-0.39, 0.29) is 30.6 Å². The molecule has 8 heteroatoms. The lowest BCUT2D eigenvalue weighted by Crippen LogP contribution is -2.40. The van der Waals surface area contributed by atoms with Crippen LogP contribution in [0.4, 0.5) is 5.82 Å². The van der Waals surface area contributed by atoms with Crippen LogP contribution >= 0.6 is 24.8 Å². The van der Waals surface area contributed by atoms with Crippen molar-refractivity contribution in [2.45, 2.75) is 37.6 Å². The molecule has 3 aliphatic rings. The van der Waals surface area contributed by atoms with Gasteiger partial charge in [0.05, 0.1) is 7.11 Å². The van der Waals surface area contributed by atoms with E-state index in [0.717, 1.165) is 55.3 Å². The second-order valence-corrected chi connectivity index (χ2v) is 8.95. The third kappa shape index (κ3) is 4.21. The van der Waals surface area contributed by atoms with E-state index in [4.69, 9.17) is 15.2 Å². The van der Waals surface area contributed by atoms with Crippen LogP contribution in [0, 0.1) is 12.8 Å². The summed E-state index contributed by atoms with van der Waals surface area (Å²) in [7, 11) is 1.35. The molecule has 2 N–H and O–H groups in total. The van der Waals surface area contributed by atoms with Gasteiger partial charge in [0.2, 0.25) is 0 Å². The topological polar surface area (TPSA) is 77.7 Å². The van der Waals surface area contributed by atoms with E-state index < -0.39 is 5.97 Å². The van der Waals surface area contributed by atoms with Gasteiger partial charge in [-0.15, -0.1) is 24.8 Å². The van der Waals surface area contributed by atoms with Crippen LogP contribution in [0.15, 0.2) is 30.3 Å². The second-order valence-electron chi connectivity index (χ2n) is 8.95. The molecule has 1 saturated carbocycles. The molecule has 6 nitrogen and oxygen atoms in total. The van der Waals surface area contributed by atoms with E-state index >= 15 is 0 Å². The number of hydrogen-bond acceptors (Lipinski definition) is 6. The number of nitrogens with zero attached hydrogens (tertiary/aromatic N) is 2. The van der Waals surface area contributed by atoms with Gasteiger partial charge in [-0.05, 0) is 49.3 Å². The third-order valence-electron chi connectivity index (χ3n) is 7.30. The number of nitrogens with two attached hydrogens (primary N) is 1. The van der Waals surface area contributed by atoms with Crippen molar-refractivity contribution in [3.05, 3.63) is 47.2 Å². The Morgan fingerprint density at radius 3 is 2.56 bits per heavy atom. The molecule has 5 rings (SSSR count). The van der Waals surface area contributed by atoms with Gasteiger partial charge in [-0.25, -0.2) is 9.78 Å². The Kier molecular flexibility index (Phi) is 7.40. The number of aromatic nitrogens is 1. The Bertz CT molecular complexity index is 979. The Morgan fingerprint density at radius 1 is 1.22 bits per heavy atom. The fourth-order valence-corrected chi connectivity index (χ4v) is 5.47. The van der Waals surface area contributed by atoms with Crippen LogP contribution in [0.5, 0.6) is 0 Å². The molecule has 2 saturated heterocycles. The Hall–Kier alpha value is -1.86. The number of benzene rings is 1. The first-order chi connectivity index (χ1) is 14.5. The molecule has 1 aliphatic carbocycles. The van der Waals surface area contributed by atoms with Gasteiger partial charge in [0.15, 0.2) is 0 Å². The number of anilines is 1. The lowest BCUT2D eigenvalue weighted by Gasteiger charge is -2.33. The summed E-state index contributed by atoms with van der Waals surface area (Å²) in [6, 6.07) is 11.3. The molecule has 0 bridgehead atoms. The van der Waals surface area contributed by atoms with Gasteiger partial charge in [-0.1, -0.05) is 24.3 Å². The molecule has 2 atom stereocenters. The standard InChI is InChI=1S/C24H29N3O3.2ClH/c1-15-20(11-21(22(25)26-15)23(28)29-2)16-3-5-17(6-4-16)24-12-18(24)13-27(14-24)19-7-9-30-10-8-19;;/h3-6,11,18-19H,7-10,12-14H2,1-2H3,(H2,25,26);2*1H/t18-,24+;;/m1../s1. The van der Waals surface area contributed by atoms with Crippen LogP contribution in [0.25, 0.3) is 11.1 Å². The first kappa shape index (κ1) is 24.8. The molecule has 0 amide bonds. The highest BCUT2D eigenvalue weighted by atomic mass is 35.5. The average Bonchev–Trinajstić information content (AvgIpc) is 3.35. The van der Waals surface area contributed by atoms with Gasteiger partial charge >= 0.3 is 5.97 Å². The number of halogens is 2. The number of carbonyl (C=O) groups is 1. The van der Waals surface area contributed by atoms with Crippen molar-refractivity contribution in [1.82, 2.24) is 9.88 Å². The maximum Gasteiger partial charge on any atom is 0.341 e. The number of aryl methyl sites for hydroxylation is 1. The second kappa shape index (κ2) is 9.56. The molecule has 2 aliphatic heterocycles. The van der Waals surface area contributed by atoms with E-state index in [0.29, 0.717) is 17.0 Å². The molecule has 3 heterocycles. The van der Waals surface area contributed by atoms with Gasteiger partial charge < -0.3 is 15.2 Å². The van der Waals surface area contributed by atoms with Crippen LogP contribution in [0.1, 0.15) is 40.9 Å². The van der Waals surface area contributed by atoms with Crippen LogP contribution in [-0.2, 0) is 14.9 Å². The summed E-state index contributed by atoms with van der Waals surface area (Å²) in [5.41, 5.74) is 10.8. The van der Waals surface area contributed by atoms with E-state index in [1.165, 1.54) is 25.6 Å². The highest BCUT2D eigenvalue weighted by Gasteiger charge is 2.61. The highest BCUT2D eigenvalue weighted by molar-refractivity contribution is 5.95. The summed E-state index contributed by atoms with van der Waals surface area (Å²) >= 11 is 0. The number of methoxy groups -OCH3 is 1. The van der Waals surface area contributed by atoms with Crippen LogP contribution in [-0.4, -0.2) is 55.3 Å². The van der Waals surface area contributed by atoms with Gasteiger partial charge in [-0.3, -0.25) is 4.90 Å². The summed E-state index contributed by atoms with van der Waals surface area (Å²) < 4.78 is 10.4. The predicted molar refractivity (Wildman–Crippen MR) is 130 cm³/mol. The van der Waals surface area contributed by atoms with Crippen LogP contribution in [0.3, 0.4) is 0 Å². The molecule has 2 aromatic rings. The number of carbonyl (C=O) groups excluding carboxylic acids is 1. The number of rotatable bonds is 4. The van der Waals surface area contributed by atoms with E-state index in [2.05, 4.69) is 34.1 Å². The lowest BCUT2D eigenvalue weighted by molar-refractivity contribution is 0.0378. The number of ether oxygens (including phenoxy) is 2. The molecular weight excluding hydrogens is 449 g/mol. The van der Waals surface area contributed by atoms with E-state index in [1.54, 1.807) is 6.07 Å². The van der Waals surface area contributed by atoms with Gasteiger partial charge in [-0.2, -0.15) is 0 Å². The lowest BCUT2D eigenvalue weighted by atomic mass is 9.92. The maximum atomic E-state index is 12.0. The molecule has 0 unspecified atom stereocenters. The fraction of sp³-hybridized carbons (Fsp3) is 0.500. The zero-order valence-electron chi connectivity index (χ0n) is 18.5. The quantitative estimate of drug-likeness (QED) is 0.667. The fourth-order valence-electron chi connectivity index (χ4n) is 5.47.